The van der Waals surface area contributed by atoms with Crippen LogP contribution in [0, 0.1) is 11.8 Å². The van der Waals surface area contributed by atoms with Crippen LogP contribution < -0.4 is 5.32 Å². The first kappa shape index (κ1) is 9.96. The molecule has 0 aliphatic carbocycles. The average Bonchev–Trinajstić information content (AvgIpc) is 2.05. The van der Waals surface area contributed by atoms with Crippen molar-refractivity contribution in [2.24, 2.45) is 11.8 Å². The molecule has 1 aliphatic rings. The summed E-state index contributed by atoms with van der Waals surface area (Å²) in [7, 11) is 1.71. The third kappa shape index (κ3) is 2.44. The van der Waals surface area contributed by atoms with Crippen molar-refractivity contribution in [2.75, 3.05) is 26.8 Å². The zero-order valence-electron chi connectivity index (χ0n) is 7.92. The Balaban J connectivity index is 2.36. The van der Waals surface area contributed by atoms with Gasteiger partial charge in [-0.2, -0.15) is 0 Å². The van der Waals surface area contributed by atoms with Gasteiger partial charge in [0.15, 0.2) is 0 Å². The second-order valence-corrected chi connectivity index (χ2v) is 3.66. The van der Waals surface area contributed by atoms with Crippen LogP contribution >= 0.6 is 0 Å². The molecule has 3 heteroatoms. The smallest absolute Gasteiger partial charge is 0.0596 e. The van der Waals surface area contributed by atoms with Gasteiger partial charge in [-0.05, 0) is 18.9 Å². The van der Waals surface area contributed by atoms with Crippen molar-refractivity contribution in [1.82, 2.24) is 5.32 Å². The van der Waals surface area contributed by atoms with Crippen LogP contribution in [0.5, 0.6) is 0 Å². The highest BCUT2D eigenvalue weighted by Crippen LogP contribution is 2.20. The number of rotatable bonds is 3. The van der Waals surface area contributed by atoms with E-state index in [9.17, 15) is 5.11 Å². The molecule has 0 bridgehead atoms. The van der Waals surface area contributed by atoms with Crippen molar-refractivity contribution in [3.05, 3.63) is 0 Å². The Morgan fingerprint density at radius 1 is 1.67 bits per heavy atom. The van der Waals surface area contributed by atoms with Crippen molar-refractivity contribution in [3.8, 4) is 0 Å². The van der Waals surface area contributed by atoms with Crippen molar-refractivity contribution < 1.29 is 9.84 Å². The molecular formula is C9H19NO2. The predicted molar refractivity (Wildman–Crippen MR) is 48.0 cm³/mol. The Kier molecular flexibility index (Phi) is 3.98. The number of piperidine rings is 1. The molecule has 0 radical (unpaired) electrons. The molecule has 3 atom stereocenters. The average molecular weight is 173 g/mol. The largest absolute Gasteiger partial charge is 0.393 e. The maximum Gasteiger partial charge on any atom is 0.0596 e. The van der Waals surface area contributed by atoms with E-state index in [4.69, 9.17) is 4.74 Å². The molecule has 0 saturated carbocycles. The fraction of sp³-hybridized carbons (Fsp3) is 1.00. The molecule has 0 spiro atoms. The van der Waals surface area contributed by atoms with Gasteiger partial charge in [-0.15, -0.1) is 0 Å². The fourth-order valence-corrected chi connectivity index (χ4v) is 1.84. The van der Waals surface area contributed by atoms with Crippen molar-refractivity contribution >= 4 is 0 Å². The first-order valence-electron chi connectivity index (χ1n) is 4.63. The van der Waals surface area contributed by atoms with Crippen molar-refractivity contribution in [1.29, 1.82) is 0 Å². The van der Waals surface area contributed by atoms with E-state index in [1.165, 1.54) is 0 Å². The van der Waals surface area contributed by atoms with E-state index < -0.39 is 0 Å². The Morgan fingerprint density at radius 3 is 3.00 bits per heavy atom. The van der Waals surface area contributed by atoms with Crippen LogP contribution in [0.25, 0.3) is 0 Å². The summed E-state index contributed by atoms with van der Waals surface area (Å²) in [6.45, 7) is 4.73. The lowest BCUT2D eigenvalue weighted by Crippen LogP contribution is -2.43. The molecule has 0 aromatic rings. The van der Waals surface area contributed by atoms with E-state index in [-0.39, 0.29) is 6.10 Å². The van der Waals surface area contributed by atoms with Gasteiger partial charge in [-0.25, -0.2) is 0 Å². The second kappa shape index (κ2) is 4.80. The minimum absolute atomic E-state index is 0.142. The van der Waals surface area contributed by atoms with E-state index in [1.54, 1.807) is 7.11 Å². The minimum atomic E-state index is -0.142. The lowest BCUT2D eigenvalue weighted by atomic mass is 9.85. The second-order valence-electron chi connectivity index (χ2n) is 3.66. The Bertz CT molecular complexity index is 130. The van der Waals surface area contributed by atoms with E-state index in [2.05, 4.69) is 12.2 Å². The van der Waals surface area contributed by atoms with Gasteiger partial charge in [0, 0.05) is 26.2 Å². The molecule has 1 heterocycles. The van der Waals surface area contributed by atoms with Crippen LogP contribution in [0.1, 0.15) is 13.3 Å². The van der Waals surface area contributed by atoms with E-state index in [0.29, 0.717) is 11.8 Å². The molecule has 1 rings (SSSR count). The van der Waals surface area contributed by atoms with Crippen LogP contribution in [0.3, 0.4) is 0 Å². The number of aliphatic hydroxyl groups excluding tert-OH is 1. The monoisotopic (exact) mass is 173 g/mol. The Morgan fingerprint density at radius 2 is 2.42 bits per heavy atom. The van der Waals surface area contributed by atoms with E-state index >= 15 is 0 Å². The SMILES string of the molecule is COCC(C)C1CNCCC1O. The predicted octanol–water partition coefficient (Wildman–Crippen LogP) is 0.239. The molecule has 3 unspecified atom stereocenters. The zero-order valence-corrected chi connectivity index (χ0v) is 7.92. The van der Waals surface area contributed by atoms with Crippen LogP contribution in [-0.4, -0.2) is 38.0 Å². The molecule has 72 valence electrons. The van der Waals surface area contributed by atoms with Crippen LogP contribution in [-0.2, 0) is 4.74 Å². The van der Waals surface area contributed by atoms with Crippen LogP contribution in [0.2, 0.25) is 0 Å². The number of methoxy groups -OCH3 is 1. The fourth-order valence-electron chi connectivity index (χ4n) is 1.84. The number of hydrogen-bond acceptors (Lipinski definition) is 3. The number of ether oxygens (including phenoxy) is 1. The molecule has 1 aliphatic heterocycles. The minimum Gasteiger partial charge on any atom is -0.393 e. The highest BCUT2D eigenvalue weighted by molar-refractivity contribution is 4.80. The van der Waals surface area contributed by atoms with Gasteiger partial charge < -0.3 is 15.2 Å². The molecule has 12 heavy (non-hydrogen) atoms. The van der Waals surface area contributed by atoms with Gasteiger partial charge in [0.05, 0.1) is 6.10 Å². The van der Waals surface area contributed by atoms with E-state index in [0.717, 1.165) is 26.1 Å². The number of aliphatic hydroxyl groups is 1. The van der Waals surface area contributed by atoms with Gasteiger partial charge in [0.25, 0.3) is 0 Å². The topological polar surface area (TPSA) is 41.5 Å². The summed E-state index contributed by atoms with van der Waals surface area (Å²) in [5.74, 6) is 0.802. The molecule has 1 fully saturated rings. The summed E-state index contributed by atoms with van der Waals surface area (Å²) in [6.07, 6.45) is 0.732. The summed E-state index contributed by atoms with van der Waals surface area (Å²) in [5.41, 5.74) is 0. The first-order valence-corrected chi connectivity index (χ1v) is 4.63. The quantitative estimate of drug-likeness (QED) is 0.642. The summed E-state index contributed by atoms with van der Waals surface area (Å²) < 4.78 is 5.07. The van der Waals surface area contributed by atoms with Crippen LogP contribution in [0.4, 0.5) is 0 Å². The Labute approximate surface area is 74.1 Å². The van der Waals surface area contributed by atoms with Crippen molar-refractivity contribution in [2.45, 2.75) is 19.4 Å². The third-order valence-electron chi connectivity index (χ3n) is 2.65. The maximum absolute atomic E-state index is 9.67. The summed E-state index contributed by atoms with van der Waals surface area (Å²) in [6, 6.07) is 0. The summed E-state index contributed by atoms with van der Waals surface area (Å²) in [5, 5.41) is 13.0. The number of nitrogens with one attached hydrogen (secondary N) is 1. The third-order valence-corrected chi connectivity index (χ3v) is 2.65. The zero-order chi connectivity index (χ0) is 8.97. The van der Waals surface area contributed by atoms with Gasteiger partial charge in [-0.1, -0.05) is 6.92 Å². The highest BCUT2D eigenvalue weighted by atomic mass is 16.5. The van der Waals surface area contributed by atoms with Crippen molar-refractivity contribution in [3.63, 3.8) is 0 Å². The van der Waals surface area contributed by atoms with Gasteiger partial charge in [0.2, 0.25) is 0 Å². The molecule has 0 aromatic heterocycles. The molecule has 3 nitrogen and oxygen atoms in total. The first-order chi connectivity index (χ1) is 5.75. The number of hydrogen-bond donors (Lipinski definition) is 2. The molecule has 2 N–H and O–H groups in total. The Hall–Kier alpha value is -0.120. The molecule has 0 aromatic carbocycles. The molecule has 1 saturated heterocycles. The lowest BCUT2D eigenvalue weighted by molar-refractivity contribution is 0.0236. The normalized spacial score (nSPS) is 33.2. The van der Waals surface area contributed by atoms with Gasteiger partial charge in [-0.3, -0.25) is 0 Å². The molecule has 0 amide bonds. The summed E-state index contributed by atoms with van der Waals surface area (Å²) >= 11 is 0. The highest BCUT2D eigenvalue weighted by Gasteiger charge is 2.27. The van der Waals surface area contributed by atoms with E-state index in [1.807, 2.05) is 0 Å². The maximum atomic E-state index is 9.67. The summed E-state index contributed by atoms with van der Waals surface area (Å²) in [4.78, 5) is 0. The van der Waals surface area contributed by atoms with Crippen LogP contribution in [0.15, 0.2) is 0 Å². The lowest BCUT2D eigenvalue weighted by Gasteiger charge is -2.32. The van der Waals surface area contributed by atoms with Gasteiger partial charge in [0.1, 0.15) is 0 Å². The molecular weight excluding hydrogens is 154 g/mol. The van der Waals surface area contributed by atoms with Gasteiger partial charge >= 0.3 is 0 Å². The standard InChI is InChI=1S/C9H19NO2/c1-7(6-12-2)8-5-10-4-3-9(8)11/h7-11H,3-6H2,1-2H3.